The minimum absolute atomic E-state index is 0.181. The van der Waals surface area contributed by atoms with E-state index >= 15 is 0 Å². The molecule has 3 heteroatoms. The first kappa shape index (κ1) is 14.4. The van der Waals surface area contributed by atoms with Crippen molar-refractivity contribution in [1.29, 1.82) is 0 Å². The number of aryl methyl sites for hydroxylation is 2. The Balaban J connectivity index is 2.51. The van der Waals surface area contributed by atoms with Crippen molar-refractivity contribution in [2.45, 2.75) is 33.7 Å². The molecule has 1 unspecified atom stereocenters. The van der Waals surface area contributed by atoms with Crippen molar-refractivity contribution in [1.82, 2.24) is 5.32 Å². The van der Waals surface area contributed by atoms with Crippen LogP contribution in [-0.4, -0.2) is 6.54 Å². The molecule has 0 aliphatic heterocycles. The zero-order chi connectivity index (χ0) is 14.0. The van der Waals surface area contributed by atoms with Gasteiger partial charge >= 0.3 is 0 Å². The number of hydrogen-bond donors (Lipinski definition) is 1. The largest absolute Gasteiger partial charge is 0.466 e. The molecule has 1 aromatic heterocycles. The lowest BCUT2D eigenvalue weighted by atomic mass is 9.95. The number of benzene rings is 1. The lowest BCUT2D eigenvalue weighted by molar-refractivity contribution is 0.495. The molecule has 1 atom stereocenters. The maximum atomic E-state index is 5.68. The minimum atomic E-state index is 0.181. The smallest absolute Gasteiger partial charge is 0.106 e. The van der Waals surface area contributed by atoms with Crippen molar-refractivity contribution >= 4 is 15.9 Å². The minimum Gasteiger partial charge on any atom is -0.466 e. The molecule has 0 saturated heterocycles. The van der Waals surface area contributed by atoms with E-state index in [1.807, 2.05) is 13.8 Å². The van der Waals surface area contributed by atoms with Crippen molar-refractivity contribution in [2.75, 3.05) is 6.54 Å². The fourth-order valence-electron chi connectivity index (χ4n) is 2.47. The second-order valence-corrected chi connectivity index (χ2v) is 5.67. The lowest BCUT2D eigenvalue weighted by Crippen LogP contribution is -2.23. The third kappa shape index (κ3) is 2.93. The third-order valence-electron chi connectivity index (χ3n) is 3.42. The number of halogens is 1. The van der Waals surface area contributed by atoms with Gasteiger partial charge in [0.05, 0.1) is 6.04 Å². The standard InChI is InChI=1S/C16H20BrNO/c1-5-18-16(14-9-10(2)19-12(14)4)13-7-6-8-15(17)11(13)3/h6-9,16,18H,5H2,1-4H3. The van der Waals surface area contributed by atoms with E-state index in [4.69, 9.17) is 4.42 Å². The quantitative estimate of drug-likeness (QED) is 0.885. The molecule has 102 valence electrons. The summed E-state index contributed by atoms with van der Waals surface area (Å²) in [4.78, 5) is 0. The van der Waals surface area contributed by atoms with Crippen LogP contribution in [0.15, 0.2) is 33.2 Å². The van der Waals surface area contributed by atoms with E-state index in [1.54, 1.807) is 0 Å². The van der Waals surface area contributed by atoms with E-state index in [9.17, 15) is 0 Å². The summed E-state index contributed by atoms with van der Waals surface area (Å²) in [5.41, 5.74) is 3.78. The SMILES string of the molecule is CCNC(c1cc(C)oc1C)c1cccc(Br)c1C. The van der Waals surface area contributed by atoms with E-state index in [2.05, 4.69) is 59.4 Å². The topological polar surface area (TPSA) is 25.2 Å². The van der Waals surface area contributed by atoms with Gasteiger partial charge in [-0.2, -0.15) is 0 Å². The third-order valence-corrected chi connectivity index (χ3v) is 4.28. The number of rotatable bonds is 4. The summed E-state index contributed by atoms with van der Waals surface area (Å²) in [7, 11) is 0. The molecule has 1 heterocycles. The van der Waals surface area contributed by atoms with Crippen molar-refractivity contribution in [3.63, 3.8) is 0 Å². The predicted octanol–water partition coefficient (Wildman–Crippen LogP) is 4.67. The fraction of sp³-hybridized carbons (Fsp3) is 0.375. The van der Waals surface area contributed by atoms with Gasteiger partial charge in [0, 0.05) is 10.0 Å². The van der Waals surface area contributed by atoms with Crippen LogP contribution in [0.2, 0.25) is 0 Å². The van der Waals surface area contributed by atoms with Gasteiger partial charge in [0.25, 0.3) is 0 Å². The summed E-state index contributed by atoms with van der Waals surface area (Å²) >= 11 is 3.61. The molecule has 0 radical (unpaired) electrons. The summed E-state index contributed by atoms with van der Waals surface area (Å²) in [6.45, 7) is 9.21. The zero-order valence-electron chi connectivity index (χ0n) is 11.9. The van der Waals surface area contributed by atoms with Crippen LogP contribution in [0.3, 0.4) is 0 Å². The van der Waals surface area contributed by atoms with Gasteiger partial charge in [0.1, 0.15) is 11.5 Å². The van der Waals surface area contributed by atoms with Crippen LogP contribution in [0.5, 0.6) is 0 Å². The van der Waals surface area contributed by atoms with Crippen LogP contribution >= 0.6 is 15.9 Å². The first-order chi connectivity index (χ1) is 9.04. The van der Waals surface area contributed by atoms with E-state index in [1.165, 1.54) is 16.7 Å². The molecule has 1 aromatic carbocycles. The predicted molar refractivity (Wildman–Crippen MR) is 82.6 cm³/mol. The van der Waals surface area contributed by atoms with Gasteiger partial charge < -0.3 is 9.73 Å². The Hall–Kier alpha value is -1.06. The second kappa shape index (κ2) is 5.93. The molecule has 2 nitrogen and oxygen atoms in total. The average molecular weight is 322 g/mol. The Morgan fingerprint density at radius 2 is 1.95 bits per heavy atom. The summed E-state index contributed by atoms with van der Waals surface area (Å²) in [5, 5.41) is 3.56. The molecule has 0 aliphatic carbocycles. The molecule has 0 aliphatic rings. The molecule has 0 amide bonds. The molecule has 0 bridgehead atoms. The summed E-state index contributed by atoms with van der Waals surface area (Å²) in [5.74, 6) is 1.95. The van der Waals surface area contributed by atoms with Gasteiger partial charge in [-0.05, 0) is 50.6 Å². The average Bonchev–Trinajstić information content (AvgIpc) is 2.69. The molecule has 1 N–H and O–H groups in total. The van der Waals surface area contributed by atoms with Gasteiger partial charge in [-0.1, -0.05) is 35.0 Å². The normalized spacial score (nSPS) is 12.7. The zero-order valence-corrected chi connectivity index (χ0v) is 13.5. The molecule has 0 fully saturated rings. The molecular formula is C16H20BrNO. The van der Waals surface area contributed by atoms with Crippen molar-refractivity contribution in [3.05, 3.63) is 56.9 Å². The van der Waals surface area contributed by atoms with Crippen molar-refractivity contribution in [3.8, 4) is 0 Å². The summed E-state index contributed by atoms with van der Waals surface area (Å²) in [6, 6.07) is 8.65. The Morgan fingerprint density at radius 1 is 1.21 bits per heavy atom. The fourth-order valence-corrected chi connectivity index (χ4v) is 2.85. The Labute approximate surface area is 123 Å². The maximum Gasteiger partial charge on any atom is 0.106 e. The highest BCUT2D eigenvalue weighted by Crippen LogP contribution is 2.31. The van der Waals surface area contributed by atoms with Gasteiger partial charge in [-0.3, -0.25) is 0 Å². The van der Waals surface area contributed by atoms with Gasteiger partial charge in [-0.15, -0.1) is 0 Å². The van der Waals surface area contributed by atoms with E-state index in [0.29, 0.717) is 0 Å². The van der Waals surface area contributed by atoms with Crippen molar-refractivity contribution < 1.29 is 4.42 Å². The number of furan rings is 1. The summed E-state index contributed by atoms with van der Waals surface area (Å²) < 4.78 is 6.83. The van der Waals surface area contributed by atoms with Crippen molar-refractivity contribution in [2.24, 2.45) is 0 Å². The second-order valence-electron chi connectivity index (χ2n) is 4.81. The van der Waals surface area contributed by atoms with Crippen LogP contribution in [-0.2, 0) is 0 Å². The van der Waals surface area contributed by atoms with E-state index in [0.717, 1.165) is 22.5 Å². The Kier molecular flexibility index (Phi) is 4.48. The first-order valence-corrected chi connectivity index (χ1v) is 7.39. The lowest BCUT2D eigenvalue weighted by Gasteiger charge is -2.20. The molecule has 0 saturated carbocycles. The Morgan fingerprint density at radius 3 is 2.53 bits per heavy atom. The van der Waals surface area contributed by atoms with Gasteiger partial charge in [0.2, 0.25) is 0 Å². The number of hydrogen-bond acceptors (Lipinski definition) is 2. The van der Waals surface area contributed by atoms with Crippen LogP contribution in [0.4, 0.5) is 0 Å². The monoisotopic (exact) mass is 321 g/mol. The summed E-state index contributed by atoms with van der Waals surface area (Å²) in [6.07, 6.45) is 0. The van der Waals surface area contributed by atoms with Crippen LogP contribution < -0.4 is 5.32 Å². The number of nitrogens with one attached hydrogen (secondary N) is 1. The molecule has 19 heavy (non-hydrogen) atoms. The molecular weight excluding hydrogens is 302 g/mol. The molecule has 0 spiro atoms. The van der Waals surface area contributed by atoms with Crippen LogP contribution in [0.25, 0.3) is 0 Å². The highest BCUT2D eigenvalue weighted by Gasteiger charge is 2.20. The van der Waals surface area contributed by atoms with Gasteiger partial charge in [0.15, 0.2) is 0 Å². The molecule has 2 rings (SSSR count). The highest BCUT2D eigenvalue weighted by atomic mass is 79.9. The molecule has 2 aromatic rings. The van der Waals surface area contributed by atoms with E-state index < -0.39 is 0 Å². The van der Waals surface area contributed by atoms with Crippen LogP contribution in [0, 0.1) is 20.8 Å². The highest BCUT2D eigenvalue weighted by molar-refractivity contribution is 9.10. The first-order valence-electron chi connectivity index (χ1n) is 6.60. The van der Waals surface area contributed by atoms with E-state index in [-0.39, 0.29) is 6.04 Å². The Bertz CT molecular complexity index is 574. The van der Waals surface area contributed by atoms with Crippen LogP contribution in [0.1, 0.15) is 41.2 Å². The maximum absolute atomic E-state index is 5.68. The van der Waals surface area contributed by atoms with Gasteiger partial charge in [-0.25, -0.2) is 0 Å².